The molecule has 1 unspecified atom stereocenters. The number of aromatic nitrogens is 4. The number of hydrogen-bond donors (Lipinski definition) is 3. The standard InChI is InChI=1S/C25H23N7O2/c1-2-22(33)30-18-9-7-16(8-10-18)25(34)26-12-11-17-14-32(21-6-4-3-5-19(17)21)24-20-13-29-31-23(20)27-15-28-24/h2-10,13,15,17H,1,11-12,14H2,(H,26,34)(H,30,33)(H,27,28,29,31). The molecule has 2 aromatic heterocycles. The largest absolute Gasteiger partial charge is 0.352 e. The maximum atomic E-state index is 12.6. The minimum Gasteiger partial charge on any atom is -0.352 e. The van der Waals surface area contributed by atoms with Crippen molar-refractivity contribution in [1.29, 1.82) is 0 Å². The van der Waals surface area contributed by atoms with Crippen LogP contribution < -0.4 is 15.5 Å². The first-order chi connectivity index (χ1) is 16.6. The number of anilines is 3. The Labute approximate surface area is 195 Å². The molecule has 34 heavy (non-hydrogen) atoms. The summed E-state index contributed by atoms with van der Waals surface area (Å²) in [7, 11) is 0. The molecule has 3 heterocycles. The number of rotatable bonds is 7. The molecule has 3 N–H and O–H groups in total. The van der Waals surface area contributed by atoms with Crippen molar-refractivity contribution >= 4 is 40.0 Å². The Balaban J connectivity index is 1.25. The van der Waals surface area contributed by atoms with E-state index in [4.69, 9.17) is 0 Å². The number of nitrogens with zero attached hydrogens (tertiary/aromatic N) is 4. The number of fused-ring (bicyclic) bond motifs is 2. The van der Waals surface area contributed by atoms with E-state index in [2.05, 4.69) is 54.4 Å². The molecule has 9 heteroatoms. The van der Waals surface area contributed by atoms with Crippen molar-refractivity contribution in [3.8, 4) is 0 Å². The molecule has 0 bridgehead atoms. The molecule has 0 saturated heterocycles. The van der Waals surface area contributed by atoms with Crippen molar-refractivity contribution in [2.24, 2.45) is 0 Å². The lowest BCUT2D eigenvalue weighted by molar-refractivity contribution is -0.111. The number of nitrogens with one attached hydrogen (secondary N) is 3. The van der Waals surface area contributed by atoms with Gasteiger partial charge in [-0.1, -0.05) is 24.8 Å². The molecule has 2 aromatic carbocycles. The van der Waals surface area contributed by atoms with Crippen LogP contribution in [0.2, 0.25) is 0 Å². The Bertz CT molecular complexity index is 1360. The Morgan fingerprint density at radius 1 is 1.15 bits per heavy atom. The van der Waals surface area contributed by atoms with Crippen LogP contribution in [0.4, 0.5) is 17.2 Å². The average Bonchev–Trinajstić information content (AvgIpc) is 3.49. The summed E-state index contributed by atoms with van der Waals surface area (Å²) < 4.78 is 0. The van der Waals surface area contributed by atoms with Gasteiger partial charge in [-0.05, 0) is 48.4 Å². The fourth-order valence-electron chi connectivity index (χ4n) is 4.27. The van der Waals surface area contributed by atoms with E-state index in [1.807, 2.05) is 12.1 Å². The number of hydrogen-bond acceptors (Lipinski definition) is 6. The van der Waals surface area contributed by atoms with E-state index < -0.39 is 0 Å². The zero-order chi connectivity index (χ0) is 23.5. The highest BCUT2D eigenvalue weighted by Crippen LogP contribution is 2.42. The van der Waals surface area contributed by atoms with E-state index in [0.29, 0.717) is 23.4 Å². The molecular formula is C25H23N7O2. The van der Waals surface area contributed by atoms with Gasteiger partial charge in [0.15, 0.2) is 5.65 Å². The fraction of sp³-hybridized carbons (Fsp3) is 0.160. The molecule has 1 atom stereocenters. The molecule has 5 rings (SSSR count). The number of para-hydroxylation sites is 1. The summed E-state index contributed by atoms with van der Waals surface area (Å²) in [6.45, 7) is 4.71. The molecule has 0 radical (unpaired) electrons. The predicted octanol–water partition coefficient (Wildman–Crippen LogP) is 3.53. The Morgan fingerprint density at radius 3 is 2.79 bits per heavy atom. The third-order valence-electron chi connectivity index (χ3n) is 5.93. The Hall–Kier alpha value is -4.53. The van der Waals surface area contributed by atoms with Gasteiger partial charge in [0.2, 0.25) is 5.91 Å². The van der Waals surface area contributed by atoms with Gasteiger partial charge in [0.05, 0.1) is 11.6 Å². The van der Waals surface area contributed by atoms with E-state index >= 15 is 0 Å². The second kappa shape index (κ2) is 9.14. The lowest BCUT2D eigenvalue weighted by Gasteiger charge is -2.19. The molecule has 0 fully saturated rings. The number of H-pyrrole nitrogens is 1. The monoisotopic (exact) mass is 453 g/mol. The number of aromatic amines is 1. The van der Waals surface area contributed by atoms with E-state index in [1.165, 1.54) is 11.6 Å². The highest BCUT2D eigenvalue weighted by molar-refractivity contribution is 5.99. The third-order valence-corrected chi connectivity index (χ3v) is 5.93. The van der Waals surface area contributed by atoms with Crippen LogP contribution in [0.3, 0.4) is 0 Å². The first-order valence-electron chi connectivity index (χ1n) is 11.0. The Morgan fingerprint density at radius 2 is 1.97 bits per heavy atom. The smallest absolute Gasteiger partial charge is 0.251 e. The molecule has 4 aromatic rings. The van der Waals surface area contributed by atoms with Crippen LogP contribution in [0.5, 0.6) is 0 Å². The molecule has 1 aliphatic heterocycles. The summed E-state index contributed by atoms with van der Waals surface area (Å²) in [6.07, 6.45) is 5.27. The van der Waals surface area contributed by atoms with Gasteiger partial charge < -0.3 is 15.5 Å². The van der Waals surface area contributed by atoms with Crippen molar-refractivity contribution in [3.63, 3.8) is 0 Å². The summed E-state index contributed by atoms with van der Waals surface area (Å²) >= 11 is 0. The van der Waals surface area contributed by atoms with Crippen molar-refractivity contribution in [2.75, 3.05) is 23.3 Å². The molecule has 170 valence electrons. The second-order valence-electron chi connectivity index (χ2n) is 8.01. The van der Waals surface area contributed by atoms with E-state index in [1.54, 1.807) is 36.8 Å². The van der Waals surface area contributed by atoms with Crippen LogP contribution >= 0.6 is 0 Å². The summed E-state index contributed by atoms with van der Waals surface area (Å²) in [5.41, 5.74) is 4.19. The van der Waals surface area contributed by atoms with Gasteiger partial charge in [0.1, 0.15) is 12.1 Å². The topological polar surface area (TPSA) is 116 Å². The first-order valence-corrected chi connectivity index (χ1v) is 11.0. The van der Waals surface area contributed by atoms with Crippen LogP contribution in [-0.4, -0.2) is 45.1 Å². The second-order valence-corrected chi connectivity index (χ2v) is 8.01. The number of amides is 2. The van der Waals surface area contributed by atoms with Crippen molar-refractivity contribution in [1.82, 2.24) is 25.5 Å². The van der Waals surface area contributed by atoms with Gasteiger partial charge in [0, 0.05) is 35.9 Å². The van der Waals surface area contributed by atoms with Crippen LogP contribution in [-0.2, 0) is 4.79 Å². The van der Waals surface area contributed by atoms with Crippen molar-refractivity contribution in [3.05, 3.63) is 84.8 Å². The van der Waals surface area contributed by atoms with Gasteiger partial charge >= 0.3 is 0 Å². The highest BCUT2D eigenvalue weighted by Gasteiger charge is 2.31. The minimum atomic E-state index is -0.293. The molecule has 1 aliphatic rings. The Kier molecular flexibility index (Phi) is 5.73. The summed E-state index contributed by atoms with van der Waals surface area (Å²) in [5, 5.41) is 13.5. The van der Waals surface area contributed by atoms with Crippen molar-refractivity contribution in [2.45, 2.75) is 12.3 Å². The molecular weight excluding hydrogens is 430 g/mol. The molecule has 0 aliphatic carbocycles. The SMILES string of the molecule is C=CC(=O)Nc1ccc(C(=O)NCCC2CN(c3ncnc4[nH]ncc34)c3ccccc32)cc1. The number of carbonyl (C=O) groups is 2. The predicted molar refractivity (Wildman–Crippen MR) is 130 cm³/mol. The van der Waals surface area contributed by atoms with Crippen LogP contribution in [0.25, 0.3) is 11.0 Å². The maximum absolute atomic E-state index is 12.6. The normalized spacial score (nSPS) is 14.6. The lowest BCUT2D eigenvalue weighted by atomic mass is 9.98. The van der Waals surface area contributed by atoms with Gasteiger partial charge in [-0.2, -0.15) is 5.10 Å². The minimum absolute atomic E-state index is 0.152. The quantitative estimate of drug-likeness (QED) is 0.369. The first kappa shape index (κ1) is 21.3. The zero-order valence-corrected chi connectivity index (χ0v) is 18.4. The lowest BCUT2D eigenvalue weighted by Crippen LogP contribution is -2.26. The summed E-state index contributed by atoms with van der Waals surface area (Å²) in [6, 6.07) is 15.0. The maximum Gasteiger partial charge on any atom is 0.251 e. The van der Waals surface area contributed by atoms with E-state index in [9.17, 15) is 9.59 Å². The fourth-order valence-corrected chi connectivity index (χ4v) is 4.27. The average molecular weight is 454 g/mol. The molecule has 0 spiro atoms. The van der Waals surface area contributed by atoms with Gasteiger partial charge in [0.25, 0.3) is 5.91 Å². The zero-order valence-electron chi connectivity index (χ0n) is 18.4. The van der Waals surface area contributed by atoms with E-state index in [-0.39, 0.29) is 17.7 Å². The molecule has 9 nitrogen and oxygen atoms in total. The van der Waals surface area contributed by atoms with Crippen LogP contribution in [0, 0.1) is 0 Å². The van der Waals surface area contributed by atoms with Crippen LogP contribution in [0.1, 0.15) is 28.3 Å². The summed E-state index contributed by atoms with van der Waals surface area (Å²) in [4.78, 5) is 35.0. The molecule has 2 amide bonds. The third kappa shape index (κ3) is 4.11. The van der Waals surface area contributed by atoms with Gasteiger partial charge in [-0.15, -0.1) is 0 Å². The van der Waals surface area contributed by atoms with Gasteiger partial charge in [-0.3, -0.25) is 14.7 Å². The summed E-state index contributed by atoms with van der Waals surface area (Å²) in [5.74, 6) is 0.616. The number of benzene rings is 2. The number of carbonyl (C=O) groups excluding carboxylic acids is 2. The van der Waals surface area contributed by atoms with Gasteiger partial charge in [-0.25, -0.2) is 9.97 Å². The van der Waals surface area contributed by atoms with Crippen molar-refractivity contribution < 1.29 is 9.59 Å². The van der Waals surface area contributed by atoms with E-state index in [0.717, 1.165) is 29.9 Å². The van der Waals surface area contributed by atoms with Crippen LogP contribution in [0.15, 0.2) is 73.7 Å². The highest BCUT2D eigenvalue weighted by atomic mass is 16.2. The molecule has 0 saturated carbocycles.